The molecule has 0 rings (SSSR count). The molecular formula is C10H20FNO3. The lowest BCUT2D eigenvalue weighted by atomic mass is 10.3. The van der Waals surface area contributed by atoms with Gasteiger partial charge in [0.2, 0.25) is 0 Å². The van der Waals surface area contributed by atoms with Gasteiger partial charge in [-0.25, -0.2) is 4.79 Å². The summed E-state index contributed by atoms with van der Waals surface area (Å²) in [6, 6.07) is 0. The van der Waals surface area contributed by atoms with Crippen molar-refractivity contribution >= 4 is 5.97 Å². The van der Waals surface area contributed by atoms with Crippen molar-refractivity contribution in [3.63, 3.8) is 0 Å². The molecule has 0 aromatic heterocycles. The van der Waals surface area contributed by atoms with Crippen LogP contribution in [0.3, 0.4) is 0 Å². The van der Waals surface area contributed by atoms with E-state index in [0.717, 1.165) is 0 Å². The number of nitrogens with zero attached hydrogens (tertiary/aromatic N) is 1. The van der Waals surface area contributed by atoms with Gasteiger partial charge in [-0.1, -0.05) is 6.08 Å². The first kappa shape index (κ1) is 16.5. The van der Waals surface area contributed by atoms with Crippen molar-refractivity contribution in [2.75, 3.05) is 34.3 Å². The second-order valence-corrected chi connectivity index (χ2v) is 4.26. The van der Waals surface area contributed by atoms with E-state index in [-0.39, 0.29) is 11.3 Å². The summed E-state index contributed by atoms with van der Waals surface area (Å²) in [6.07, 6.45) is 2.33. The molecule has 0 spiro atoms. The molecule has 0 aliphatic rings. The topological polar surface area (TPSA) is 46.5 Å². The fraction of sp³-hybridized carbons (Fsp3) is 0.700. The largest absolute Gasteiger partial charge is 1.00 e. The molecule has 0 aromatic rings. The zero-order valence-corrected chi connectivity index (χ0v) is 9.74. The maximum Gasteiger partial charge on any atom is 0.330 e. The highest BCUT2D eigenvalue weighted by Crippen LogP contribution is 1.96. The fourth-order valence-corrected chi connectivity index (χ4v) is 1.05. The number of esters is 1. The number of halogens is 1. The molecule has 15 heavy (non-hydrogen) atoms. The minimum atomic E-state index is -0.607. The summed E-state index contributed by atoms with van der Waals surface area (Å²) < 4.78 is 5.45. The summed E-state index contributed by atoms with van der Waals surface area (Å²) in [5, 5.41) is 9.48. The van der Waals surface area contributed by atoms with Crippen LogP contribution in [0, 0.1) is 0 Å². The van der Waals surface area contributed by atoms with E-state index in [1.54, 1.807) is 13.0 Å². The van der Waals surface area contributed by atoms with Gasteiger partial charge in [-0.05, 0) is 6.92 Å². The number of rotatable bonds is 5. The Kier molecular flexibility index (Phi) is 8.10. The minimum absolute atomic E-state index is 0. The fourth-order valence-electron chi connectivity index (χ4n) is 1.05. The Bertz CT molecular complexity index is 211. The molecule has 5 heteroatoms. The Morgan fingerprint density at radius 1 is 1.47 bits per heavy atom. The summed E-state index contributed by atoms with van der Waals surface area (Å²) in [6.45, 7) is 2.35. The molecule has 1 unspecified atom stereocenters. The number of allylic oxidation sites excluding steroid dienone is 1. The lowest BCUT2D eigenvalue weighted by Crippen LogP contribution is -3.00. The number of aliphatic hydroxyl groups excluding tert-OH is 1. The number of carbonyl (C=O) groups excluding carboxylic acids is 1. The van der Waals surface area contributed by atoms with Crippen molar-refractivity contribution in [1.29, 1.82) is 0 Å². The number of carbonyl (C=O) groups is 1. The maximum atomic E-state index is 10.9. The van der Waals surface area contributed by atoms with Crippen molar-refractivity contribution in [3.05, 3.63) is 12.2 Å². The Labute approximate surface area is 90.1 Å². The van der Waals surface area contributed by atoms with E-state index in [4.69, 9.17) is 4.74 Å². The second-order valence-electron chi connectivity index (χ2n) is 4.26. The third kappa shape index (κ3) is 11.0. The second kappa shape index (κ2) is 7.36. The molecule has 1 atom stereocenters. The van der Waals surface area contributed by atoms with Crippen LogP contribution in [0.5, 0.6) is 0 Å². The van der Waals surface area contributed by atoms with E-state index in [9.17, 15) is 9.90 Å². The third-order valence-corrected chi connectivity index (χ3v) is 1.48. The number of ether oxygens (including phenoxy) is 1. The first-order valence-corrected chi connectivity index (χ1v) is 4.63. The predicted octanol–water partition coefficient (Wildman–Crippen LogP) is -2.82. The zero-order chi connectivity index (χ0) is 11.2. The van der Waals surface area contributed by atoms with Gasteiger partial charge in [0.05, 0.1) is 21.1 Å². The number of aliphatic hydroxyl groups is 1. The third-order valence-electron chi connectivity index (χ3n) is 1.48. The molecule has 0 heterocycles. The van der Waals surface area contributed by atoms with Gasteiger partial charge in [-0.15, -0.1) is 0 Å². The van der Waals surface area contributed by atoms with Crippen LogP contribution in [0.15, 0.2) is 12.2 Å². The predicted molar refractivity (Wildman–Crippen MR) is 54.7 cm³/mol. The normalized spacial score (nSPS) is 13.4. The first-order valence-electron chi connectivity index (χ1n) is 4.63. The Hall–Kier alpha value is -0.940. The lowest BCUT2D eigenvalue weighted by Gasteiger charge is -2.26. The average molecular weight is 221 g/mol. The molecular weight excluding hydrogens is 201 g/mol. The minimum Gasteiger partial charge on any atom is -1.00 e. The van der Waals surface area contributed by atoms with Crippen molar-refractivity contribution in [2.24, 2.45) is 0 Å². The molecule has 0 aliphatic heterocycles. The summed E-state index contributed by atoms with van der Waals surface area (Å²) in [5.41, 5.74) is 0. The lowest BCUT2D eigenvalue weighted by molar-refractivity contribution is -0.873. The molecule has 0 aromatic carbocycles. The van der Waals surface area contributed by atoms with Crippen molar-refractivity contribution in [1.82, 2.24) is 0 Å². The highest BCUT2D eigenvalue weighted by atomic mass is 19.0. The van der Waals surface area contributed by atoms with Gasteiger partial charge in [0, 0.05) is 6.08 Å². The van der Waals surface area contributed by atoms with Gasteiger partial charge >= 0.3 is 5.97 Å². The number of hydrogen-bond donors (Lipinski definition) is 1. The van der Waals surface area contributed by atoms with E-state index in [1.807, 2.05) is 21.1 Å². The van der Waals surface area contributed by atoms with Crippen LogP contribution in [0.4, 0.5) is 0 Å². The SMILES string of the molecule is CC=CC(=O)OCC(O)C[N+](C)(C)C.[F-]. The van der Waals surface area contributed by atoms with Crippen LogP contribution in [0.25, 0.3) is 0 Å². The highest BCUT2D eigenvalue weighted by Gasteiger charge is 2.16. The van der Waals surface area contributed by atoms with Gasteiger partial charge in [-0.2, -0.15) is 0 Å². The van der Waals surface area contributed by atoms with Crippen molar-refractivity contribution in [3.8, 4) is 0 Å². The number of hydrogen-bond acceptors (Lipinski definition) is 3. The molecule has 0 aliphatic carbocycles. The van der Waals surface area contributed by atoms with Crippen molar-refractivity contribution < 1.29 is 23.8 Å². The van der Waals surface area contributed by atoms with E-state index in [0.29, 0.717) is 11.0 Å². The summed E-state index contributed by atoms with van der Waals surface area (Å²) in [5.74, 6) is -0.409. The van der Waals surface area contributed by atoms with Gasteiger partial charge in [0.1, 0.15) is 19.3 Å². The zero-order valence-electron chi connectivity index (χ0n) is 9.74. The van der Waals surface area contributed by atoms with Gasteiger partial charge in [-0.3, -0.25) is 0 Å². The Morgan fingerprint density at radius 3 is 2.40 bits per heavy atom. The quantitative estimate of drug-likeness (QED) is 0.309. The highest BCUT2D eigenvalue weighted by molar-refractivity contribution is 5.81. The monoisotopic (exact) mass is 221 g/mol. The number of quaternary nitrogens is 1. The molecule has 0 radical (unpaired) electrons. The van der Waals surface area contributed by atoms with E-state index < -0.39 is 12.1 Å². The first-order chi connectivity index (χ1) is 6.35. The van der Waals surface area contributed by atoms with Gasteiger partial charge in [0.25, 0.3) is 0 Å². The van der Waals surface area contributed by atoms with Crippen LogP contribution in [0.1, 0.15) is 6.92 Å². The molecule has 0 fully saturated rings. The molecule has 0 saturated heterocycles. The molecule has 90 valence electrons. The van der Waals surface area contributed by atoms with E-state index in [1.165, 1.54) is 6.08 Å². The Morgan fingerprint density at radius 2 is 2.00 bits per heavy atom. The molecule has 0 saturated carbocycles. The van der Waals surface area contributed by atoms with Crippen LogP contribution in [-0.4, -0.2) is 56.0 Å². The standard InChI is InChI=1S/C10H20NO3.FH/c1-5-6-10(13)14-8-9(12)7-11(2,3)4;/h5-6,9,12H,7-8H2,1-4H3;1H/q+1;/p-1. The molecule has 0 amide bonds. The Balaban J connectivity index is 0. The summed E-state index contributed by atoms with van der Waals surface area (Å²) in [4.78, 5) is 10.9. The molecule has 4 nitrogen and oxygen atoms in total. The smallest absolute Gasteiger partial charge is 0.330 e. The summed E-state index contributed by atoms with van der Waals surface area (Å²) in [7, 11) is 5.91. The molecule has 0 bridgehead atoms. The van der Waals surface area contributed by atoms with Crippen LogP contribution in [-0.2, 0) is 9.53 Å². The summed E-state index contributed by atoms with van der Waals surface area (Å²) >= 11 is 0. The van der Waals surface area contributed by atoms with Crippen LogP contribution < -0.4 is 4.70 Å². The van der Waals surface area contributed by atoms with Crippen molar-refractivity contribution in [2.45, 2.75) is 13.0 Å². The average Bonchev–Trinajstić information content (AvgIpc) is 1.98. The van der Waals surface area contributed by atoms with Gasteiger partial charge < -0.3 is 19.0 Å². The van der Waals surface area contributed by atoms with Crippen LogP contribution in [0.2, 0.25) is 0 Å². The van der Waals surface area contributed by atoms with E-state index >= 15 is 0 Å². The number of likely N-dealkylation sites (N-methyl/N-ethyl adjacent to an activating group) is 1. The molecule has 1 N–H and O–H groups in total. The van der Waals surface area contributed by atoms with Crippen LogP contribution >= 0.6 is 0 Å². The maximum absolute atomic E-state index is 10.9. The van der Waals surface area contributed by atoms with E-state index in [2.05, 4.69) is 0 Å². The van der Waals surface area contributed by atoms with Gasteiger partial charge in [0.15, 0.2) is 0 Å².